The number of nitrogens with one attached hydrogen (secondary N) is 1. The first-order valence-corrected chi connectivity index (χ1v) is 9.76. The van der Waals surface area contributed by atoms with Crippen LogP contribution in [0, 0.1) is 5.82 Å². The minimum absolute atomic E-state index is 0.301. The van der Waals surface area contributed by atoms with Crippen LogP contribution in [-0.2, 0) is 10.0 Å². The Balaban J connectivity index is 1.93. The van der Waals surface area contributed by atoms with Crippen LogP contribution in [0.25, 0.3) is 0 Å². The number of benzene rings is 2. The molecular weight excluding hydrogens is 359 g/mol. The highest BCUT2D eigenvalue weighted by Crippen LogP contribution is 2.30. The van der Waals surface area contributed by atoms with E-state index in [2.05, 4.69) is 9.62 Å². The number of aromatic carboxylic acids is 1. The maximum absolute atomic E-state index is 13.5. The molecule has 1 aliphatic heterocycles. The van der Waals surface area contributed by atoms with Gasteiger partial charge >= 0.3 is 5.97 Å². The Hall–Kier alpha value is -2.61. The first kappa shape index (κ1) is 18.2. The summed E-state index contributed by atoms with van der Waals surface area (Å²) in [6.45, 7) is 1.69. The van der Waals surface area contributed by atoms with Crippen LogP contribution >= 0.6 is 0 Å². The molecular formula is C18H19FN2O4S. The Bertz CT molecular complexity index is 925. The van der Waals surface area contributed by atoms with Crippen molar-refractivity contribution in [3.63, 3.8) is 0 Å². The van der Waals surface area contributed by atoms with E-state index in [9.17, 15) is 17.6 Å². The summed E-state index contributed by atoms with van der Waals surface area (Å²) >= 11 is 0. The number of sulfonamides is 1. The minimum Gasteiger partial charge on any atom is -0.478 e. The molecule has 1 aliphatic rings. The standard InChI is InChI=1S/C18H19FN2O4S/c19-15-9-8-13(12-14(15)18(22)23)26(24,25)20-16-6-2-3-7-17(16)21-10-4-1-5-11-21/h2-3,6-9,12,20H,1,4-5,10-11H2,(H,22,23). The first-order chi connectivity index (χ1) is 12.4. The van der Waals surface area contributed by atoms with Gasteiger partial charge in [-0.3, -0.25) is 4.72 Å². The number of anilines is 2. The second kappa shape index (κ2) is 7.33. The van der Waals surface area contributed by atoms with Gasteiger partial charge in [0.2, 0.25) is 0 Å². The molecule has 2 aromatic rings. The van der Waals surface area contributed by atoms with E-state index < -0.39 is 27.4 Å². The average Bonchev–Trinajstić information content (AvgIpc) is 2.62. The number of carboxylic acid groups (broad SMARTS) is 1. The van der Waals surface area contributed by atoms with Crippen molar-refractivity contribution in [2.75, 3.05) is 22.7 Å². The van der Waals surface area contributed by atoms with Gasteiger partial charge in [-0.1, -0.05) is 12.1 Å². The molecule has 0 bridgehead atoms. The molecule has 3 rings (SSSR count). The van der Waals surface area contributed by atoms with Crippen LogP contribution in [0.1, 0.15) is 29.6 Å². The summed E-state index contributed by atoms with van der Waals surface area (Å²) in [5.41, 5.74) is 0.504. The zero-order chi connectivity index (χ0) is 18.7. The Morgan fingerprint density at radius 3 is 2.46 bits per heavy atom. The van der Waals surface area contributed by atoms with E-state index in [1.165, 1.54) is 0 Å². The van der Waals surface area contributed by atoms with Gasteiger partial charge in [0.25, 0.3) is 10.0 Å². The van der Waals surface area contributed by atoms with Crippen molar-refractivity contribution >= 4 is 27.4 Å². The van der Waals surface area contributed by atoms with E-state index in [-0.39, 0.29) is 4.90 Å². The van der Waals surface area contributed by atoms with Gasteiger partial charge in [-0.15, -0.1) is 0 Å². The molecule has 0 unspecified atom stereocenters. The Labute approximate surface area is 151 Å². The van der Waals surface area contributed by atoms with Crippen LogP contribution in [0.3, 0.4) is 0 Å². The van der Waals surface area contributed by atoms with E-state index >= 15 is 0 Å². The summed E-state index contributed by atoms with van der Waals surface area (Å²) in [7, 11) is -4.05. The molecule has 6 nitrogen and oxygen atoms in total. The fraction of sp³-hybridized carbons (Fsp3) is 0.278. The number of rotatable bonds is 5. The second-order valence-electron chi connectivity index (χ2n) is 6.12. The van der Waals surface area contributed by atoms with Crippen LogP contribution < -0.4 is 9.62 Å². The van der Waals surface area contributed by atoms with Crippen LogP contribution in [0.5, 0.6) is 0 Å². The largest absolute Gasteiger partial charge is 0.478 e. The molecule has 0 aliphatic carbocycles. The van der Waals surface area contributed by atoms with Crippen LogP contribution in [-0.4, -0.2) is 32.6 Å². The lowest BCUT2D eigenvalue weighted by Crippen LogP contribution is -2.30. The van der Waals surface area contributed by atoms with Crippen molar-refractivity contribution in [2.24, 2.45) is 0 Å². The van der Waals surface area contributed by atoms with Crippen LogP contribution in [0.15, 0.2) is 47.4 Å². The van der Waals surface area contributed by atoms with Crippen molar-refractivity contribution < 1.29 is 22.7 Å². The fourth-order valence-corrected chi connectivity index (χ4v) is 4.11. The molecule has 2 N–H and O–H groups in total. The van der Waals surface area contributed by atoms with Gasteiger partial charge in [0.1, 0.15) is 5.82 Å². The molecule has 0 aromatic heterocycles. The van der Waals surface area contributed by atoms with Gasteiger partial charge < -0.3 is 10.0 Å². The molecule has 2 aromatic carbocycles. The predicted octanol–water partition coefficient (Wildman–Crippen LogP) is 3.32. The monoisotopic (exact) mass is 378 g/mol. The van der Waals surface area contributed by atoms with Gasteiger partial charge in [0.05, 0.1) is 21.8 Å². The highest BCUT2D eigenvalue weighted by Gasteiger charge is 2.22. The zero-order valence-electron chi connectivity index (χ0n) is 14.0. The van der Waals surface area contributed by atoms with Crippen LogP contribution in [0.2, 0.25) is 0 Å². The van der Waals surface area contributed by atoms with Gasteiger partial charge in [0, 0.05) is 13.1 Å². The van der Waals surface area contributed by atoms with Gasteiger partial charge in [-0.25, -0.2) is 17.6 Å². The van der Waals surface area contributed by atoms with Crippen molar-refractivity contribution in [3.8, 4) is 0 Å². The Morgan fingerprint density at radius 1 is 1.08 bits per heavy atom. The second-order valence-corrected chi connectivity index (χ2v) is 7.80. The molecule has 0 amide bonds. The predicted molar refractivity (Wildman–Crippen MR) is 96.7 cm³/mol. The number of piperidine rings is 1. The summed E-state index contributed by atoms with van der Waals surface area (Å²) in [4.78, 5) is 12.9. The lowest BCUT2D eigenvalue weighted by molar-refractivity contribution is 0.0691. The summed E-state index contributed by atoms with van der Waals surface area (Å²) in [5.74, 6) is -2.50. The quantitative estimate of drug-likeness (QED) is 0.834. The molecule has 0 saturated carbocycles. The SMILES string of the molecule is O=C(O)c1cc(S(=O)(=O)Nc2ccccc2N2CCCCC2)ccc1F. The lowest BCUT2D eigenvalue weighted by atomic mass is 10.1. The lowest BCUT2D eigenvalue weighted by Gasteiger charge is -2.30. The molecule has 1 saturated heterocycles. The summed E-state index contributed by atoms with van der Waals surface area (Å²) in [5, 5.41) is 9.00. The summed E-state index contributed by atoms with van der Waals surface area (Å²) < 4.78 is 41.4. The topological polar surface area (TPSA) is 86.7 Å². The number of carbonyl (C=O) groups is 1. The smallest absolute Gasteiger partial charge is 0.338 e. The maximum Gasteiger partial charge on any atom is 0.338 e. The highest BCUT2D eigenvalue weighted by molar-refractivity contribution is 7.92. The number of hydrogen-bond acceptors (Lipinski definition) is 4. The molecule has 0 spiro atoms. The number of para-hydroxylation sites is 2. The molecule has 0 radical (unpaired) electrons. The molecule has 8 heteroatoms. The van der Waals surface area contributed by atoms with Gasteiger partial charge in [-0.2, -0.15) is 0 Å². The van der Waals surface area contributed by atoms with E-state index in [0.717, 1.165) is 56.2 Å². The zero-order valence-corrected chi connectivity index (χ0v) is 14.8. The minimum atomic E-state index is -4.05. The number of carboxylic acids is 1. The number of nitrogens with zero attached hydrogens (tertiary/aromatic N) is 1. The molecule has 1 heterocycles. The van der Waals surface area contributed by atoms with Crippen molar-refractivity contribution in [3.05, 3.63) is 53.8 Å². The fourth-order valence-electron chi connectivity index (χ4n) is 3.01. The maximum atomic E-state index is 13.5. The van der Waals surface area contributed by atoms with E-state index in [1.807, 2.05) is 12.1 Å². The van der Waals surface area contributed by atoms with E-state index in [0.29, 0.717) is 5.69 Å². The molecule has 138 valence electrons. The number of hydrogen-bond donors (Lipinski definition) is 2. The molecule has 26 heavy (non-hydrogen) atoms. The van der Waals surface area contributed by atoms with Crippen molar-refractivity contribution in [2.45, 2.75) is 24.2 Å². The number of halogens is 1. The van der Waals surface area contributed by atoms with Crippen LogP contribution in [0.4, 0.5) is 15.8 Å². The van der Waals surface area contributed by atoms with Gasteiger partial charge in [-0.05, 0) is 49.6 Å². The van der Waals surface area contributed by atoms with Crippen molar-refractivity contribution in [1.29, 1.82) is 0 Å². The van der Waals surface area contributed by atoms with E-state index in [4.69, 9.17) is 5.11 Å². The van der Waals surface area contributed by atoms with Gasteiger partial charge in [0.15, 0.2) is 0 Å². The van der Waals surface area contributed by atoms with Crippen molar-refractivity contribution in [1.82, 2.24) is 0 Å². The third-order valence-corrected chi connectivity index (χ3v) is 5.69. The molecule has 0 atom stereocenters. The third kappa shape index (κ3) is 3.80. The molecule has 1 fully saturated rings. The summed E-state index contributed by atoms with van der Waals surface area (Å²) in [6.07, 6.45) is 3.24. The normalized spacial score (nSPS) is 14.9. The Morgan fingerprint density at radius 2 is 1.77 bits per heavy atom. The van der Waals surface area contributed by atoms with E-state index in [1.54, 1.807) is 12.1 Å². The average molecular weight is 378 g/mol. The highest BCUT2D eigenvalue weighted by atomic mass is 32.2. The first-order valence-electron chi connectivity index (χ1n) is 8.28. The summed E-state index contributed by atoms with van der Waals surface area (Å²) in [6, 6.07) is 9.77. The Kier molecular flexibility index (Phi) is 5.13. The third-order valence-electron chi connectivity index (χ3n) is 4.32.